The molecule has 0 spiro atoms. The number of Topliss-reactive ketones (excluding diaryl/α,β-unsaturated/α-hetero) is 1. The lowest BCUT2D eigenvalue weighted by Crippen LogP contribution is -2.18. The van der Waals surface area contributed by atoms with E-state index in [2.05, 4.69) is 25.1 Å². The van der Waals surface area contributed by atoms with Crippen molar-refractivity contribution in [2.45, 2.75) is 52.6 Å². The van der Waals surface area contributed by atoms with Crippen LogP contribution in [0.1, 0.15) is 54.0 Å². The van der Waals surface area contributed by atoms with Gasteiger partial charge in [0.15, 0.2) is 5.82 Å². The van der Waals surface area contributed by atoms with E-state index in [0.29, 0.717) is 5.56 Å². The Morgan fingerprint density at radius 2 is 1.83 bits per heavy atom. The quantitative estimate of drug-likeness (QED) is 0.338. The van der Waals surface area contributed by atoms with Crippen molar-refractivity contribution in [3.8, 4) is 11.7 Å². The van der Waals surface area contributed by atoms with E-state index in [0.717, 1.165) is 31.8 Å². The van der Waals surface area contributed by atoms with E-state index in [-0.39, 0.29) is 42.6 Å². The molecule has 35 heavy (non-hydrogen) atoms. The Kier molecular flexibility index (Phi) is 6.84. The molecule has 4 aromatic heterocycles. The molecule has 8 nitrogen and oxygen atoms in total. The number of carbonyl (C=O) groups is 1. The summed E-state index contributed by atoms with van der Waals surface area (Å²) in [6.07, 6.45) is -0.864. The minimum atomic E-state index is -4.74. The largest absolute Gasteiger partial charge is 0.478 e. The van der Waals surface area contributed by atoms with Crippen molar-refractivity contribution in [3.05, 3.63) is 51.9 Å². The van der Waals surface area contributed by atoms with Gasteiger partial charge in [0, 0.05) is 24.6 Å². The van der Waals surface area contributed by atoms with E-state index >= 15 is 0 Å². The number of fused-ring (bicyclic) bond motifs is 1. The van der Waals surface area contributed by atoms with Crippen LogP contribution in [0, 0.1) is 6.92 Å². The third-order valence-corrected chi connectivity index (χ3v) is 6.12. The van der Waals surface area contributed by atoms with Gasteiger partial charge in [0.25, 0.3) is 0 Å². The maximum absolute atomic E-state index is 13.9. The Labute approximate surface area is 203 Å². The molecule has 0 saturated heterocycles. The molecular weight excluding hydrogens is 481 g/mol. The van der Waals surface area contributed by atoms with Gasteiger partial charge >= 0.3 is 6.18 Å². The molecule has 0 N–H and O–H groups in total. The number of aryl methyl sites for hydroxylation is 1. The predicted molar refractivity (Wildman–Crippen MR) is 124 cm³/mol. The molecule has 0 amide bonds. The lowest BCUT2D eigenvalue weighted by molar-refractivity contribution is -0.138. The molecule has 4 rings (SSSR count). The molecule has 0 atom stereocenters. The van der Waals surface area contributed by atoms with Crippen molar-refractivity contribution in [2.75, 3.05) is 6.61 Å². The van der Waals surface area contributed by atoms with Gasteiger partial charge < -0.3 is 4.74 Å². The number of thiazole rings is 1. The molecular formula is C23H23F3N6O2S. The highest BCUT2D eigenvalue weighted by atomic mass is 32.1. The van der Waals surface area contributed by atoms with Crippen LogP contribution in [-0.4, -0.2) is 42.3 Å². The van der Waals surface area contributed by atoms with Gasteiger partial charge in [0.1, 0.15) is 21.7 Å². The van der Waals surface area contributed by atoms with E-state index in [1.165, 1.54) is 23.7 Å². The zero-order chi connectivity index (χ0) is 25.3. The topological polar surface area (TPSA) is 95.7 Å². The molecule has 0 aliphatic rings. The first-order valence-electron chi connectivity index (χ1n) is 11.0. The molecule has 184 valence electrons. The lowest BCUT2D eigenvalue weighted by atomic mass is 9.93. The Morgan fingerprint density at radius 1 is 1.14 bits per heavy atom. The van der Waals surface area contributed by atoms with Crippen molar-refractivity contribution in [2.24, 2.45) is 0 Å². The average molecular weight is 505 g/mol. The summed E-state index contributed by atoms with van der Waals surface area (Å²) >= 11 is 1.47. The number of ether oxygens (including phenoxy) is 1. The summed E-state index contributed by atoms with van der Waals surface area (Å²) < 4.78 is 47.1. The van der Waals surface area contributed by atoms with Crippen molar-refractivity contribution >= 4 is 27.5 Å². The monoisotopic (exact) mass is 504 g/mol. The summed E-state index contributed by atoms with van der Waals surface area (Å²) in [5, 5.41) is 8.41. The zero-order valence-electron chi connectivity index (χ0n) is 19.5. The third-order valence-electron chi connectivity index (χ3n) is 5.24. The SMILES string of the molecule is CCOc1nc(-n2nccn2)c(C(F)(F)F)cc1CC(=O)Cc1cnc2sc(C)nc2c1C(C)C. The first-order valence-corrected chi connectivity index (χ1v) is 11.8. The molecule has 0 aliphatic carbocycles. The second kappa shape index (κ2) is 9.68. The van der Waals surface area contributed by atoms with E-state index in [1.54, 1.807) is 13.1 Å². The summed E-state index contributed by atoms with van der Waals surface area (Å²) in [6.45, 7) is 7.75. The van der Waals surface area contributed by atoms with Gasteiger partial charge in [-0.15, -0.1) is 4.80 Å². The fourth-order valence-electron chi connectivity index (χ4n) is 3.91. The summed E-state index contributed by atoms with van der Waals surface area (Å²) in [5.74, 6) is -0.782. The number of alkyl halides is 3. The highest BCUT2D eigenvalue weighted by Crippen LogP contribution is 2.36. The third kappa shape index (κ3) is 5.16. The number of nitrogens with zero attached hydrogens (tertiary/aromatic N) is 6. The van der Waals surface area contributed by atoms with E-state index in [4.69, 9.17) is 4.74 Å². The Morgan fingerprint density at radius 3 is 2.46 bits per heavy atom. The lowest BCUT2D eigenvalue weighted by Gasteiger charge is -2.17. The summed E-state index contributed by atoms with van der Waals surface area (Å²) in [5.41, 5.74) is 1.39. The van der Waals surface area contributed by atoms with Crippen molar-refractivity contribution in [1.82, 2.24) is 29.9 Å². The molecule has 4 aromatic rings. The highest BCUT2D eigenvalue weighted by molar-refractivity contribution is 7.18. The van der Waals surface area contributed by atoms with Crippen LogP contribution in [0.15, 0.2) is 24.7 Å². The van der Waals surface area contributed by atoms with Gasteiger partial charge in [-0.3, -0.25) is 4.79 Å². The maximum Gasteiger partial charge on any atom is 0.420 e. The van der Waals surface area contributed by atoms with Gasteiger partial charge in [-0.25, -0.2) is 9.97 Å². The van der Waals surface area contributed by atoms with Crippen LogP contribution in [0.5, 0.6) is 5.88 Å². The van der Waals surface area contributed by atoms with Crippen LogP contribution in [0.2, 0.25) is 0 Å². The van der Waals surface area contributed by atoms with Crippen LogP contribution < -0.4 is 4.74 Å². The van der Waals surface area contributed by atoms with Crippen LogP contribution in [0.4, 0.5) is 13.2 Å². The average Bonchev–Trinajstić information content (AvgIpc) is 3.42. The summed E-state index contributed by atoms with van der Waals surface area (Å²) in [6, 6.07) is 0.892. The Bertz CT molecular complexity index is 1370. The number of halogens is 3. The van der Waals surface area contributed by atoms with Crippen LogP contribution in [-0.2, 0) is 23.8 Å². The zero-order valence-corrected chi connectivity index (χ0v) is 20.4. The fraction of sp³-hybridized carbons (Fsp3) is 0.391. The fourth-order valence-corrected chi connectivity index (χ4v) is 4.69. The molecule has 0 saturated carbocycles. The van der Waals surface area contributed by atoms with Gasteiger partial charge in [-0.1, -0.05) is 25.2 Å². The van der Waals surface area contributed by atoms with E-state index in [1.807, 2.05) is 20.8 Å². The maximum atomic E-state index is 13.9. The first kappa shape index (κ1) is 24.7. The number of hydrogen-bond donors (Lipinski definition) is 0. The molecule has 0 fully saturated rings. The van der Waals surface area contributed by atoms with Gasteiger partial charge in [-0.05, 0) is 37.0 Å². The number of pyridine rings is 2. The van der Waals surface area contributed by atoms with Gasteiger partial charge in [0.2, 0.25) is 5.88 Å². The first-order chi connectivity index (χ1) is 16.6. The molecule has 0 radical (unpaired) electrons. The second-order valence-corrected chi connectivity index (χ2v) is 9.39. The highest BCUT2D eigenvalue weighted by Gasteiger charge is 2.37. The molecule has 0 bridgehead atoms. The number of aromatic nitrogens is 6. The molecule has 0 aromatic carbocycles. The molecule has 0 aliphatic heterocycles. The van der Waals surface area contributed by atoms with Crippen molar-refractivity contribution < 1.29 is 22.7 Å². The number of hydrogen-bond acceptors (Lipinski definition) is 8. The minimum absolute atomic E-state index is 0.00239. The number of rotatable bonds is 8. The van der Waals surface area contributed by atoms with E-state index < -0.39 is 17.6 Å². The second-order valence-electron chi connectivity index (χ2n) is 8.20. The standard InChI is InChI=1S/C23H23F3N6O2S/c1-5-34-21-14(10-17(23(24,25)26)20(31-21)32-28-6-7-29-32)8-16(33)9-15-11-27-22-19(18(15)12(2)3)30-13(4)35-22/h6-7,10-12H,5,8-9H2,1-4H3. The smallest absolute Gasteiger partial charge is 0.420 e. The normalized spacial score (nSPS) is 12.0. The van der Waals surface area contributed by atoms with Crippen molar-refractivity contribution in [1.29, 1.82) is 0 Å². The Hall–Kier alpha value is -3.41. The minimum Gasteiger partial charge on any atom is -0.478 e. The Balaban J connectivity index is 1.71. The predicted octanol–water partition coefficient (Wildman–Crippen LogP) is 4.87. The molecule has 4 heterocycles. The summed E-state index contributed by atoms with van der Waals surface area (Å²) in [4.78, 5) is 27.7. The van der Waals surface area contributed by atoms with Gasteiger partial charge in [0.05, 0.1) is 24.0 Å². The van der Waals surface area contributed by atoms with E-state index in [9.17, 15) is 18.0 Å². The van der Waals surface area contributed by atoms with Crippen LogP contribution in [0.25, 0.3) is 16.2 Å². The molecule has 12 heteroatoms. The summed E-state index contributed by atoms with van der Waals surface area (Å²) in [7, 11) is 0. The molecule has 0 unspecified atom stereocenters. The number of carbonyl (C=O) groups excluding carboxylic acids is 1. The van der Waals surface area contributed by atoms with Crippen LogP contribution >= 0.6 is 11.3 Å². The van der Waals surface area contributed by atoms with Crippen LogP contribution in [0.3, 0.4) is 0 Å². The van der Waals surface area contributed by atoms with Gasteiger partial charge in [-0.2, -0.15) is 28.4 Å². The number of ketones is 1. The van der Waals surface area contributed by atoms with Crippen molar-refractivity contribution in [3.63, 3.8) is 0 Å².